The van der Waals surface area contributed by atoms with Crippen LogP contribution in [0.15, 0.2) is 24.3 Å². The monoisotopic (exact) mass is 414 g/mol. The lowest BCUT2D eigenvalue weighted by atomic mass is 10.1. The van der Waals surface area contributed by atoms with E-state index < -0.39 is 18.5 Å². The smallest absolute Gasteiger partial charge is 0.306 e. The highest BCUT2D eigenvalue weighted by Gasteiger charge is 2.16. The number of likely N-dealkylation sites (N-methyl/N-ethyl adjacent to an activating group) is 1. The highest BCUT2D eigenvalue weighted by atomic mass is 19.1. The second-order valence-electron chi connectivity index (χ2n) is 6.94. The van der Waals surface area contributed by atoms with Crippen molar-refractivity contribution in [3.05, 3.63) is 52.6 Å². The van der Waals surface area contributed by atoms with Gasteiger partial charge in [-0.1, -0.05) is 18.2 Å². The highest BCUT2D eigenvalue weighted by molar-refractivity contribution is 5.80. The molecule has 0 radical (unpaired) electrons. The Morgan fingerprint density at radius 2 is 1.97 bits per heavy atom. The van der Waals surface area contributed by atoms with Gasteiger partial charge >= 0.3 is 5.97 Å². The summed E-state index contributed by atoms with van der Waals surface area (Å²) < 4.78 is 20.3. The lowest BCUT2D eigenvalue weighted by Gasteiger charge is -2.17. The minimum absolute atomic E-state index is 0.0728. The number of nitrogen functional groups attached to an aromatic ring is 1. The fourth-order valence-electron chi connectivity index (χ4n) is 3.11. The van der Waals surface area contributed by atoms with Gasteiger partial charge in [-0.25, -0.2) is 9.37 Å². The number of benzene rings is 1. The number of aryl methyl sites for hydroxylation is 2. The van der Waals surface area contributed by atoms with E-state index in [0.29, 0.717) is 17.8 Å². The third kappa shape index (κ3) is 4.70. The second kappa shape index (κ2) is 8.85. The molecule has 3 aromatic rings. The van der Waals surface area contributed by atoms with Gasteiger partial charge in [0.05, 0.1) is 0 Å². The maximum absolute atomic E-state index is 13.7. The molecule has 0 unspecified atom stereocenters. The largest absolute Gasteiger partial charge is 0.456 e. The summed E-state index contributed by atoms with van der Waals surface area (Å²) in [5.41, 5.74) is 8.36. The summed E-state index contributed by atoms with van der Waals surface area (Å²) in [6.07, 6.45) is 0.446. The number of nitrogens with two attached hydrogens (primary N) is 1. The summed E-state index contributed by atoms with van der Waals surface area (Å²) in [4.78, 5) is 34.0. The summed E-state index contributed by atoms with van der Waals surface area (Å²) in [5.74, 6) is -0.795. The topological polar surface area (TPSA) is 116 Å². The molecule has 2 N–H and O–H groups in total. The molecule has 0 saturated carbocycles. The zero-order valence-electron chi connectivity index (χ0n) is 17.1. The number of carbonyl (C=O) groups excluding carboxylic acids is 2. The van der Waals surface area contributed by atoms with Crippen molar-refractivity contribution in [1.82, 2.24) is 24.5 Å². The molecule has 0 aliphatic carbocycles. The number of hydrogen-bond donors (Lipinski definition) is 1. The van der Waals surface area contributed by atoms with Crippen LogP contribution in [0.2, 0.25) is 0 Å². The van der Waals surface area contributed by atoms with Crippen molar-refractivity contribution in [3.63, 3.8) is 0 Å². The Hall–Kier alpha value is -3.56. The van der Waals surface area contributed by atoms with Crippen molar-refractivity contribution in [2.45, 2.75) is 33.2 Å². The molecule has 2 heterocycles. The van der Waals surface area contributed by atoms with Crippen LogP contribution in [-0.4, -0.2) is 50.0 Å². The molecular weight excluding hydrogens is 391 g/mol. The summed E-state index contributed by atoms with van der Waals surface area (Å²) in [6.45, 7) is 3.35. The molecule has 3 rings (SSSR count). The Balaban J connectivity index is 1.53. The molecule has 0 aliphatic rings. The first kappa shape index (κ1) is 21.2. The van der Waals surface area contributed by atoms with Crippen molar-refractivity contribution in [2.24, 2.45) is 0 Å². The van der Waals surface area contributed by atoms with E-state index in [0.717, 1.165) is 17.0 Å². The molecule has 30 heavy (non-hydrogen) atoms. The fourth-order valence-corrected chi connectivity index (χ4v) is 3.11. The van der Waals surface area contributed by atoms with Crippen molar-refractivity contribution >= 4 is 23.6 Å². The molecule has 0 spiro atoms. The first-order valence-corrected chi connectivity index (χ1v) is 9.37. The average Bonchev–Trinajstić information content (AvgIpc) is 3.07. The number of aromatic nitrogens is 4. The van der Waals surface area contributed by atoms with Crippen LogP contribution in [-0.2, 0) is 27.3 Å². The summed E-state index contributed by atoms with van der Waals surface area (Å²) in [5, 5.41) is 4.09. The molecule has 10 heteroatoms. The molecule has 0 saturated heterocycles. The summed E-state index contributed by atoms with van der Waals surface area (Å²) in [7, 11) is 1.53. The summed E-state index contributed by atoms with van der Waals surface area (Å²) in [6, 6.07) is 6.21. The number of nitrogens with zero attached hydrogens (tertiary/aromatic N) is 5. The van der Waals surface area contributed by atoms with E-state index in [1.54, 1.807) is 18.2 Å². The van der Waals surface area contributed by atoms with Gasteiger partial charge in [-0.15, -0.1) is 5.10 Å². The normalized spacial score (nSPS) is 10.9. The third-order valence-electron chi connectivity index (χ3n) is 4.79. The maximum Gasteiger partial charge on any atom is 0.306 e. The van der Waals surface area contributed by atoms with Gasteiger partial charge in [0.25, 0.3) is 11.7 Å². The molecule has 158 valence electrons. The Labute approximate surface area is 172 Å². The Kier molecular flexibility index (Phi) is 6.24. The van der Waals surface area contributed by atoms with Crippen LogP contribution in [0.25, 0.3) is 5.78 Å². The molecule has 1 amide bonds. The molecule has 0 bridgehead atoms. The van der Waals surface area contributed by atoms with Crippen LogP contribution in [0.1, 0.15) is 28.9 Å². The second-order valence-corrected chi connectivity index (χ2v) is 6.94. The van der Waals surface area contributed by atoms with Crippen LogP contribution >= 0.6 is 0 Å². The van der Waals surface area contributed by atoms with E-state index >= 15 is 0 Å². The number of fused-ring (bicyclic) bond motifs is 1. The van der Waals surface area contributed by atoms with Gasteiger partial charge in [-0.05, 0) is 31.9 Å². The average molecular weight is 414 g/mol. The van der Waals surface area contributed by atoms with E-state index in [1.165, 1.54) is 22.5 Å². The van der Waals surface area contributed by atoms with E-state index in [-0.39, 0.29) is 24.7 Å². The molecule has 2 aromatic heterocycles. The number of hydrogen-bond acceptors (Lipinski definition) is 7. The number of esters is 1. The predicted molar refractivity (Wildman–Crippen MR) is 107 cm³/mol. The van der Waals surface area contributed by atoms with Gasteiger partial charge in [0.2, 0.25) is 5.95 Å². The molecule has 0 fully saturated rings. The van der Waals surface area contributed by atoms with Crippen LogP contribution < -0.4 is 5.73 Å². The van der Waals surface area contributed by atoms with Gasteiger partial charge < -0.3 is 15.4 Å². The lowest BCUT2D eigenvalue weighted by Crippen LogP contribution is -2.31. The molecule has 0 aliphatic heterocycles. The lowest BCUT2D eigenvalue weighted by molar-refractivity contribution is -0.151. The number of ether oxygens (including phenoxy) is 1. The van der Waals surface area contributed by atoms with E-state index in [9.17, 15) is 14.0 Å². The molecule has 1 aromatic carbocycles. The molecule has 9 nitrogen and oxygen atoms in total. The SMILES string of the molecule is Cc1nc2nc(N)nn2c(C)c1CCC(=O)OCC(=O)N(C)Cc1ccccc1F. The minimum Gasteiger partial charge on any atom is -0.456 e. The first-order chi connectivity index (χ1) is 14.3. The van der Waals surface area contributed by atoms with Gasteiger partial charge in [0.15, 0.2) is 6.61 Å². The number of amides is 1. The van der Waals surface area contributed by atoms with Gasteiger partial charge in [-0.2, -0.15) is 9.50 Å². The van der Waals surface area contributed by atoms with Crippen molar-refractivity contribution in [3.8, 4) is 0 Å². The van der Waals surface area contributed by atoms with Gasteiger partial charge in [0, 0.05) is 37.0 Å². The van der Waals surface area contributed by atoms with Gasteiger partial charge in [0.1, 0.15) is 5.82 Å². The molecule has 0 atom stereocenters. The maximum atomic E-state index is 13.7. The molecular formula is C20H23FN6O3. The Morgan fingerprint density at radius 1 is 1.23 bits per heavy atom. The van der Waals surface area contributed by atoms with Crippen LogP contribution in [0.4, 0.5) is 10.3 Å². The van der Waals surface area contributed by atoms with Crippen LogP contribution in [0.5, 0.6) is 0 Å². The Morgan fingerprint density at radius 3 is 2.70 bits per heavy atom. The fraction of sp³-hybridized carbons (Fsp3) is 0.350. The van der Waals surface area contributed by atoms with Crippen LogP contribution in [0.3, 0.4) is 0 Å². The van der Waals surface area contributed by atoms with Crippen molar-refractivity contribution in [2.75, 3.05) is 19.4 Å². The van der Waals surface area contributed by atoms with E-state index in [4.69, 9.17) is 10.5 Å². The van der Waals surface area contributed by atoms with E-state index in [1.807, 2.05) is 13.8 Å². The van der Waals surface area contributed by atoms with Crippen LogP contribution in [0, 0.1) is 19.7 Å². The zero-order chi connectivity index (χ0) is 21.8. The quantitative estimate of drug-likeness (QED) is 0.584. The Bertz CT molecular complexity index is 1100. The number of carbonyl (C=O) groups is 2. The minimum atomic E-state index is -0.514. The van der Waals surface area contributed by atoms with E-state index in [2.05, 4.69) is 15.1 Å². The number of halogens is 1. The van der Waals surface area contributed by atoms with Gasteiger partial charge in [-0.3, -0.25) is 9.59 Å². The standard InChI is InChI=1S/C20H23FN6O3/c1-12-15(13(2)27-20(23-12)24-19(22)25-27)8-9-18(29)30-11-17(28)26(3)10-14-6-4-5-7-16(14)21/h4-7H,8-11H2,1-3H3,(H2,22,25). The first-order valence-electron chi connectivity index (χ1n) is 9.37. The predicted octanol–water partition coefficient (Wildman–Crippen LogP) is 1.60. The van der Waals surface area contributed by atoms with Crippen molar-refractivity contribution < 1.29 is 18.7 Å². The number of anilines is 1. The third-order valence-corrected chi connectivity index (χ3v) is 4.79. The summed E-state index contributed by atoms with van der Waals surface area (Å²) >= 11 is 0. The number of rotatable bonds is 7. The zero-order valence-corrected chi connectivity index (χ0v) is 17.1. The van der Waals surface area contributed by atoms with Crippen molar-refractivity contribution in [1.29, 1.82) is 0 Å². The highest BCUT2D eigenvalue weighted by Crippen LogP contribution is 2.16.